The van der Waals surface area contributed by atoms with Crippen LogP contribution in [0.3, 0.4) is 0 Å². The van der Waals surface area contributed by atoms with Crippen LogP contribution in [-0.4, -0.2) is 23.2 Å². The molecule has 0 saturated heterocycles. The van der Waals surface area contributed by atoms with Crippen molar-refractivity contribution in [2.24, 2.45) is 0 Å². The molecule has 1 fully saturated rings. The van der Waals surface area contributed by atoms with Crippen molar-refractivity contribution in [1.82, 2.24) is 4.98 Å². The van der Waals surface area contributed by atoms with Gasteiger partial charge < -0.3 is 9.84 Å². The van der Waals surface area contributed by atoms with Crippen molar-refractivity contribution in [3.05, 3.63) is 22.5 Å². The van der Waals surface area contributed by atoms with E-state index < -0.39 is 5.97 Å². The molecule has 0 amide bonds. The summed E-state index contributed by atoms with van der Waals surface area (Å²) >= 11 is 5.98. The SMILES string of the molecule is COc1c(C(=O)O)ncc(Cl)c1C1CC1. The number of ether oxygens (including phenoxy) is 1. The quantitative estimate of drug-likeness (QED) is 0.861. The average molecular weight is 228 g/mol. The Morgan fingerprint density at radius 1 is 1.67 bits per heavy atom. The van der Waals surface area contributed by atoms with E-state index in [0.717, 1.165) is 18.4 Å². The van der Waals surface area contributed by atoms with E-state index in [2.05, 4.69) is 4.98 Å². The fourth-order valence-corrected chi connectivity index (χ4v) is 1.89. The highest BCUT2D eigenvalue weighted by Gasteiger charge is 2.32. The van der Waals surface area contributed by atoms with Crippen LogP contribution < -0.4 is 4.74 Å². The first kappa shape index (κ1) is 10.2. The number of halogens is 1. The summed E-state index contributed by atoms with van der Waals surface area (Å²) in [5, 5.41) is 9.41. The van der Waals surface area contributed by atoms with Crippen LogP contribution >= 0.6 is 11.6 Å². The third kappa shape index (κ3) is 1.77. The monoisotopic (exact) mass is 227 g/mol. The summed E-state index contributed by atoms with van der Waals surface area (Å²) in [5.41, 5.74) is 0.718. The topological polar surface area (TPSA) is 59.4 Å². The van der Waals surface area contributed by atoms with Crippen molar-refractivity contribution in [2.45, 2.75) is 18.8 Å². The maximum absolute atomic E-state index is 10.9. The van der Waals surface area contributed by atoms with E-state index >= 15 is 0 Å². The molecule has 0 aromatic carbocycles. The van der Waals surface area contributed by atoms with Gasteiger partial charge in [-0.05, 0) is 18.8 Å². The lowest BCUT2D eigenvalue weighted by Crippen LogP contribution is -2.06. The van der Waals surface area contributed by atoms with Crippen LogP contribution in [0, 0.1) is 0 Å². The Hall–Kier alpha value is -1.29. The van der Waals surface area contributed by atoms with E-state index in [4.69, 9.17) is 21.4 Å². The molecule has 1 aromatic heterocycles. The molecule has 0 aliphatic heterocycles. The Kier molecular flexibility index (Phi) is 2.52. The number of hydrogen-bond acceptors (Lipinski definition) is 3. The fourth-order valence-electron chi connectivity index (χ4n) is 1.60. The number of aromatic carboxylic acids is 1. The zero-order valence-corrected chi connectivity index (χ0v) is 8.91. The number of pyridine rings is 1. The molecule has 4 nitrogen and oxygen atoms in total. The predicted molar refractivity (Wildman–Crippen MR) is 54.7 cm³/mol. The molecular formula is C10H10ClNO3. The first-order chi connectivity index (χ1) is 7.15. The molecule has 1 heterocycles. The number of rotatable bonds is 3. The van der Waals surface area contributed by atoms with Crippen LogP contribution in [0.15, 0.2) is 6.20 Å². The Labute approximate surface area is 91.8 Å². The number of carboxylic acid groups (broad SMARTS) is 1. The normalized spacial score (nSPS) is 15.1. The van der Waals surface area contributed by atoms with Crippen LogP contribution in [0.4, 0.5) is 0 Å². The zero-order chi connectivity index (χ0) is 11.0. The minimum absolute atomic E-state index is 0.0659. The summed E-state index contributed by atoms with van der Waals surface area (Å²) in [6.45, 7) is 0. The van der Waals surface area contributed by atoms with Gasteiger partial charge in [0.25, 0.3) is 0 Å². The van der Waals surface area contributed by atoms with E-state index in [0.29, 0.717) is 16.7 Å². The van der Waals surface area contributed by atoms with E-state index in [1.807, 2.05) is 0 Å². The molecule has 0 unspecified atom stereocenters. The second-order valence-corrected chi connectivity index (χ2v) is 3.89. The number of nitrogens with zero attached hydrogens (tertiary/aromatic N) is 1. The molecule has 5 heteroatoms. The highest BCUT2D eigenvalue weighted by atomic mass is 35.5. The van der Waals surface area contributed by atoms with E-state index in [1.54, 1.807) is 0 Å². The van der Waals surface area contributed by atoms with Gasteiger partial charge in [0, 0.05) is 11.8 Å². The standard InChI is InChI=1S/C10H10ClNO3/c1-15-9-7(5-2-3-5)6(11)4-12-8(9)10(13)14/h4-5H,2-3H2,1H3,(H,13,14). The van der Waals surface area contributed by atoms with Crippen molar-refractivity contribution in [2.75, 3.05) is 7.11 Å². The minimum atomic E-state index is -1.09. The minimum Gasteiger partial charge on any atom is -0.494 e. The Morgan fingerprint density at radius 3 is 2.80 bits per heavy atom. The molecule has 0 spiro atoms. The summed E-state index contributed by atoms with van der Waals surface area (Å²) in [7, 11) is 1.44. The van der Waals surface area contributed by atoms with Crippen molar-refractivity contribution in [1.29, 1.82) is 0 Å². The van der Waals surface area contributed by atoms with Gasteiger partial charge in [-0.25, -0.2) is 9.78 Å². The van der Waals surface area contributed by atoms with E-state index in [-0.39, 0.29) is 5.69 Å². The summed E-state index contributed by atoms with van der Waals surface area (Å²) in [6, 6.07) is 0. The van der Waals surface area contributed by atoms with Crippen LogP contribution in [0.5, 0.6) is 5.75 Å². The van der Waals surface area contributed by atoms with Crippen LogP contribution in [-0.2, 0) is 0 Å². The second kappa shape index (κ2) is 3.70. The summed E-state index contributed by atoms with van der Waals surface area (Å²) in [4.78, 5) is 14.7. The van der Waals surface area contributed by atoms with Crippen molar-refractivity contribution in [3.63, 3.8) is 0 Å². The van der Waals surface area contributed by atoms with Gasteiger partial charge in [-0.15, -0.1) is 0 Å². The fraction of sp³-hybridized carbons (Fsp3) is 0.400. The van der Waals surface area contributed by atoms with Gasteiger partial charge in [0.2, 0.25) is 0 Å². The molecular weight excluding hydrogens is 218 g/mol. The lowest BCUT2D eigenvalue weighted by Gasteiger charge is -2.11. The zero-order valence-electron chi connectivity index (χ0n) is 8.16. The van der Waals surface area contributed by atoms with E-state index in [9.17, 15) is 4.79 Å². The molecule has 1 aromatic rings. The van der Waals surface area contributed by atoms with E-state index in [1.165, 1.54) is 13.3 Å². The summed E-state index contributed by atoms with van der Waals surface area (Å²) in [6.07, 6.45) is 3.43. The maximum atomic E-state index is 10.9. The Bertz CT molecular complexity index is 415. The summed E-state index contributed by atoms with van der Waals surface area (Å²) < 4.78 is 5.09. The highest BCUT2D eigenvalue weighted by molar-refractivity contribution is 6.31. The largest absolute Gasteiger partial charge is 0.494 e. The Balaban J connectivity index is 2.58. The van der Waals surface area contributed by atoms with Gasteiger partial charge in [-0.3, -0.25) is 0 Å². The van der Waals surface area contributed by atoms with Gasteiger partial charge in [-0.2, -0.15) is 0 Å². The molecule has 1 saturated carbocycles. The first-order valence-electron chi connectivity index (χ1n) is 4.60. The lowest BCUT2D eigenvalue weighted by atomic mass is 10.1. The van der Waals surface area contributed by atoms with Gasteiger partial charge >= 0.3 is 5.97 Å². The molecule has 15 heavy (non-hydrogen) atoms. The van der Waals surface area contributed by atoms with Gasteiger partial charge in [0.15, 0.2) is 11.4 Å². The third-order valence-electron chi connectivity index (χ3n) is 2.42. The third-order valence-corrected chi connectivity index (χ3v) is 2.72. The maximum Gasteiger partial charge on any atom is 0.358 e. The average Bonchev–Trinajstić information content (AvgIpc) is 3.00. The lowest BCUT2D eigenvalue weighted by molar-refractivity contribution is 0.0686. The number of carbonyl (C=O) groups is 1. The molecule has 1 aliphatic carbocycles. The molecule has 1 N–H and O–H groups in total. The van der Waals surface area contributed by atoms with Crippen LogP contribution in [0.25, 0.3) is 0 Å². The summed E-state index contributed by atoms with van der Waals surface area (Å²) in [5.74, 6) is -0.462. The number of methoxy groups -OCH3 is 1. The highest BCUT2D eigenvalue weighted by Crippen LogP contribution is 2.48. The number of carboxylic acids is 1. The number of hydrogen-bond donors (Lipinski definition) is 1. The predicted octanol–water partition coefficient (Wildman–Crippen LogP) is 2.32. The van der Waals surface area contributed by atoms with Crippen LogP contribution in [0.2, 0.25) is 5.02 Å². The van der Waals surface area contributed by atoms with Crippen molar-refractivity contribution in [3.8, 4) is 5.75 Å². The second-order valence-electron chi connectivity index (χ2n) is 3.48. The molecule has 0 atom stereocenters. The van der Waals surface area contributed by atoms with Gasteiger partial charge in [-0.1, -0.05) is 11.6 Å². The molecule has 80 valence electrons. The molecule has 0 radical (unpaired) electrons. The molecule has 2 rings (SSSR count). The molecule has 1 aliphatic rings. The first-order valence-corrected chi connectivity index (χ1v) is 4.98. The molecule has 0 bridgehead atoms. The van der Waals surface area contributed by atoms with Crippen molar-refractivity contribution >= 4 is 17.6 Å². The van der Waals surface area contributed by atoms with Crippen molar-refractivity contribution < 1.29 is 14.6 Å². The van der Waals surface area contributed by atoms with Crippen LogP contribution in [0.1, 0.15) is 34.8 Å². The van der Waals surface area contributed by atoms with Gasteiger partial charge in [0.1, 0.15) is 0 Å². The smallest absolute Gasteiger partial charge is 0.358 e. The Morgan fingerprint density at radius 2 is 2.33 bits per heavy atom. The van der Waals surface area contributed by atoms with Gasteiger partial charge in [0.05, 0.1) is 12.1 Å². The number of aromatic nitrogens is 1.